The van der Waals surface area contributed by atoms with E-state index in [1.807, 2.05) is 0 Å². The summed E-state index contributed by atoms with van der Waals surface area (Å²) in [4.78, 5) is 23.0. The first-order valence-electron chi connectivity index (χ1n) is 7.98. The van der Waals surface area contributed by atoms with Gasteiger partial charge in [0.05, 0.1) is 17.5 Å². The summed E-state index contributed by atoms with van der Waals surface area (Å²) in [7, 11) is 0. The number of amides is 1. The van der Waals surface area contributed by atoms with Crippen molar-refractivity contribution < 1.29 is 27.9 Å². The second-order valence-corrected chi connectivity index (χ2v) is 6.16. The lowest BCUT2D eigenvalue weighted by atomic mass is 9.73. The Balaban J connectivity index is 1.59. The van der Waals surface area contributed by atoms with Crippen molar-refractivity contribution in [2.75, 3.05) is 0 Å². The van der Waals surface area contributed by atoms with Gasteiger partial charge in [-0.25, -0.2) is 4.68 Å². The van der Waals surface area contributed by atoms with E-state index in [0.29, 0.717) is 18.5 Å². The van der Waals surface area contributed by atoms with E-state index < -0.39 is 29.7 Å². The standard InChI is InChI=1S/C17H16F3N3O3/c18-17(19,20)14-7-8-23(22-14)11-3-1-10(2-4-11)9-21-15(24)12-5-6-13(12)16(25)26/h1-4,7-8,12-13H,5-6,9H2,(H,21,24)(H,25,26). The summed E-state index contributed by atoms with van der Waals surface area (Å²) >= 11 is 0. The van der Waals surface area contributed by atoms with Crippen LogP contribution in [0.5, 0.6) is 0 Å². The molecule has 0 bridgehead atoms. The Labute approximate surface area is 146 Å². The third-order valence-corrected chi connectivity index (χ3v) is 4.48. The Bertz CT molecular complexity index is 815. The summed E-state index contributed by atoms with van der Waals surface area (Å²) in [5.74, 6) is -2.38. The number of aliphatic carboxylic acids is 1. The third-order valence-electron chi connectivity index (χ3n) is 4.48. The minimum absolute atomic E-state index is 0.217. The molecule has 0 spiro atoms. The Morgan fingerprint density at radius 2 is 1.81 bits per heavy atom. The monoisotopic (exact) mass is 367 g/mol. The average Bonchev–Trinajstić information content (AvgIpc) is 3.02. The van der Waals surface area contributed by atoms with E-state index >= 15 is 0 Å². The van der Waals surface area contributed by atoms with E-state index in [-0.39, 0.29) is 12.5 Å². The van der Waals surface area contributed by atoms with Crippen molar-refractivity contribution in [2.24, 2.45) is 11.8 Å². The number of alkyl halides is 3. The van der Waals surface area contributed by atoms with Crippen molar-refractivity contribution in [1.29, 1.82) is 0 Å². The lowest BCUT2D eigenvalue weighted by molar-refractivity contribution is -0.152. The maximum Gasteiger partial charge on any atom is 0.435 e. The van der Waals surface area contributed by atoms with Gasteiger partial charge in [-0.05, 0) is 36.6 Å². The van der Waals surface area contributed by atoms with Gasteiger partial charge in [0.25, 0.3) is 0 Å². The van der Waals surface area contributed by atoms with E-state index in [9.17, 15) is 22.8 Å². The predicted molar refractivity (Wildman–Crippen MR) is 84.3 cm³/mol. The highest BCUT2D eigenvalue weighted by Gasteiger charge is 2.41. The van der Waals surface area contributed by atoms with Crippen LogP contribution in [-0.4, -0.2) is 26.8 Å². The molecule has 1 aliphatic carbocycles. The number of halogens is 3. The molecular formula is C17H16F3N3O3. The summed E-state index contributed by atoms with van der Waals surface area (Å²) in [6.07, 6.45) is -2.21. The van der Waals surface area contributed by atoms with Crippen LogP contribution in [-0.2, 0) is 22.3 Å². The average molecular weight is 367 g/mol. The zero-order chi connectivity index (χ0) is 18.9. The SMILES string of the molecule is O=C(O)C1CCC1C(=O)NCc1ccc(-n2ccc(C(F)(F)F)n2)cc1. The van der Waals surface area contributed by atoms with Gasteiger partial charge < -0.3 is 10.4 Å². The van der Waals surface area contributed by atoms with Crippen LogP contribution in [0.25, 0.3) is 5.69 Å². The first-order valence-corrected chi connectivity index (χ1v) is 7.98. The van der Waals surface area contributed by atoms with Crippen LogP contribution in [0.4, 0.5) is 13.2 Å². The molecule has 1 amide bonds. The summed E-state index contributed by atoms with van der Waals surface area (Å²) in [6.45, 7) is 0.217. The van der Waals surface area contributed by atoms with Crippen LogP contribution in [0.1, 0.15) is 24.1 Å². The lowest BCUT2D eigenvalue weighted by Crippen LogP contribution is -2.43. The van der Waals surface area contributed by atoms with E-state index in [4.69, 9.17) is 5.11 Å². The minimum atomic E-state index is -4.50. The molecular weight excluding hydrogens is 351 g/mol. The van der Waals surface area contributed by atoms with Crippen molar-refractivity contribution in [3.8, 4) is 5.69 Å². The topological polar surface area (TPSA) is 84.2 Å². The van der Waals surface area contributed by atoms with Gasteiger partial charge in [0.1, 0.15) is 0 Å². The van der Waals surface area contributed by atoms with Crippen LogP contribution in [0.2, 0.25) is 0 Å². The zero-order valence-corrected chi connectivity index (χ0v) is 13.5. The maximum absolute atomic E-state index is 12.6. The highest BCUT2D eigenvalue weighted by Crippen LogP contribution is 2.34. The van der Waals surface area contributed by atoms with Crippen LogP contribution in [0.15, 0.2) is 36.5 Å². The highest BCUT2D eigenvalue weighted by atomic mass is 19.4. The number of hydrogen-bond acceptors (Lipinski definition) is 3. The molecule has 1 saturated carbocycles. The number of carboxylic acid groups (broad SMARTS) is 1. The van der Waals surface area contributed by atoms with Crippen molar-refractivity contribution in [2.45, 2.75) is 25.6 Å². The quantitative estimate of drug-likeness (QED) is 0.851. The van der Waals surface area contributed by atoms with Gasteiger partial charge in [-0.15, -0.1) is 0 Å². The number of carbonyl (C=O) groups excluding carboxylic acids is 1. The summed E-state index contributed by atoms with van der Waals surface area (Å²) < 4.78 is 38.9. The molecule has 9 heteroatoms. The minimum Gasteiger partial charge on any atom is -0.481 e. The number of rotatable bonds is 5. The molecule has 2 aromatic rings. The summed E-state index contributed by atoms with van der Waals surface area (Å²) in [5.41, 5.74) is 0.235. The van der Waals surface area contributed by atoms with E-state index in [1.54, 1.807) is 24.3 Å². The number of hydrogen-bond donors (Lipinski definition) is 2. The van der Waals surface area contributed by atoms with Crippen molar-refractivity contribution in [3.63, 3.8) is 0 Å². The van der Waals surface area contributed by atoms with Crippen LogP contribution < -0.4 is 5.32 Å². The fraction of sp³-hybridized carbons (Fsp3) is 0.353. The van der Waals surface area contributed by atoms with Gasteiger partial charge in [-0.2, -0.15) is 18.3 Å². The Kier molecular flexibility index (Phi) is 4.71. The molecule has 0 radical (unpaired) electrons. The van der Waals surface area contributed by atoms with Crippen molar-refractivity contribution in [1.82, 2.24) is 15.1 Å². The number of nitrogens with one attached hydrogen (secondary N) is 1. The predicted octanol–water partition coefficient (Wildman–Crippen LogP) is 2.62. The molecule has 138 valence electrons. The van der Waals surface area contributed by atoms with E-state index in [1.165, 1.54) is 6.20 Å². The summed E-state index contributed by atoms with van der Waals surface area (Å²) in [5, 5.41) is 15.2. The Morgan fingerprint density at radius 3 is 2.31 bits per heavy atom. The molecule has 2 atom stereocenters. The van der Waals surface area contributed by atoms with Crippen molar-refractivity contribution in [3.05, 3.63) is 47.8 Å². The van der Waals surface area contributed by atoms with Crippen molar-refractivity contribution >= 4 is 11.9 Å². The number of aromatic nitrogens is 2. The fourth-order valence-electron chi connectivity index (χ4n) is 2.82. The first kappa shape index (κ1) is 18.0. The van der Waals surface area contributed by atoms with Gasteiger partial charge in [-0.3, -0.25) is 9.59 Å². The summed E-state index contributed by atoms with van der Waals surface area (Å²) in [6, 6.07) is 7.42. The maximum atomic E-state index is 12.6. The van der Waals surface area contributed by atoms with Gasteiger partial charge in [0.2, 0.25) is 5.91 Å². The smallest absolute Gasteiger partial charge is 0.435 e. The van der Waals surface area contributed by atoms with Crippen LogP contribution in [0, 0.1) is 11.8 Å². The fourth-order valence-corrected chi connectivity index (χ4v) is 2.82. The van der Waals surface area contributed by atoms with Gasteiger partial charge in [0, 0.05) is 12.7 Å². The molecule has 1 heterocycles. The van der Waals surface area contributed by atoms with Gasteiger partial charge >= 0.3 is 12.1 Å². The Morgan fingerprint density at radius 1 is 1.15 bits per heavy atom. The van der Waals surface area contributed by atoms with Gasteiger partial charge in [-0.1, -0.05) is 12.1 Å². The molecule has 1 fully saturated rings. The lowest BCUT2D eigenvalue weighted by Gasteiger charge is -2.31. The molecule has 2 N–H and O–H groups in total. The van der Waals surface area contributed by atoms with E-state index in [0.717, 1.165) is 16.3 Å². The second-order valence-electron chi connectivity index (χ2n) is 6.16. The van der Waals surface area contributed by atoms with Crippen LogP contribution >= 0.6 is 0 Å². The third kappa shape index (κ3) is 3.71. The van der Waals surface area contributed by atoms with E-state index in [2.05, 4.69) is 10.4 Å². The molecule has 1 aromatic carbocycles. The molecule has 26 heavy (non-hydrogen) atoms. The molecule has 1 aromatic heterocycles. The largest absolute Gasteiger partial charge is 0.481 e. The molecule has 1 aliphatic rings. The number of carbonyl (C=O) groups is 2. The molecule has 3 rings (SSSR count). The first-order chi connectivity index (χ1) is 12.3. The molecule has 2 unspecified atom stereocenters. The molecule has 0 saturated heterocycles. The molecule has 6 nitrogen and oxygen atoms in total. The van der Waals surface area contributed by atoms with Gasteiger partial charge in [0.15, 0.2) is 5.69 Å². The molecule has 0 aliphatic heterocycles. The number of carboxylic acids is 1. The second kappa shape index (κ2) is 6.81. The Hall–Kier alpha value is -2.84. The van der Waals surface area contributed by atoms with Crippen LogP contribution in [0.3, 0.4) is 0 Å². The number of benzene rings is 1. The number of nitrogens with zero attached hydrogens (tertiary/aromatic N) is 2. The zero-order valence-electron chi connectivity index (χ0n) is 13.5. The normalized spacial score (nSPS) is 19.7. The highest BCUT2D eigenvalue weighted by molar-refractivity contribution is 5.86.